The maximum absolute atomic E-state index is 5.87. The molecule has 0 bridgehead atoms. The van der Waals surface area contributed by atoms with Crippen LogP contribution in [0.4, 0.5) is 11.4 Å². The highest BCUT2D eigenvalue weighted by atomic mass is 16.5. The first-order chi connectivity index (χ1) is 8.76. The fourth-order valence-electron chi connectivity index (χ4n) is 1.98. The predicted octanol–water partition coefficient (Wildman–Crippen LogP) is 2.59. The Hall–Kier alpha value is -2.29. The Morgan fingerprint density at radius 2 is 2.06 bits per heavy atom. The van der Waals surface area contributed by atoms with Crippen LogP contribution < -0.4 is 20.6 Å². The van der Waals surface area contributed by atoms with E-state index in [4.69, 9.17) is 4.74 Å². The second-order valence-corrected chi connectivity index (χ2v) is 4.23. The van der Waals surface area contributed by atoms with Crippen molar-refractivity contribution in [3.05, 3.63) is 47.0 Å². The summed E-state index contributed by atoms with van der Waals surface area (Å²) < 4.78 is 5.87. The third-order valence-corrected chi connectivity index (χ3v) is 2.83. The molecule has 0 spiro atoms. The summed E-state index contributed by atoms with van der Waals surface area (Å²) in [6, 6.07) is 11.7. The summed E-state index contributed by atoms with van der Waals surface area (Å²) in [4.78, 5) is 4.57. The molecule has 90 valence electrons. The van der Waals surface area contributed by atoms with E-state index < -0.39 is 0 Å². The van der Waals surface area contributed by atoms with Gasteiger partial charge in [0.25, 0.3) is 0 Å². The summed E-state index contributed by atoms with van der Waals surface area (Å²) in [7, 11) is 0. The van der Waals surface area contributed by atoms with Gasteiger partial charge in [0.15, 0.2) is 11.5 Å². The maximum atomic E-state index is 5.87. The smallest absolute Gasteiger partial charge is 0.155 e. The van der Waals surface area contributed by atoms with Gasteiger partial charge in [0.05, 0.1) is 0 Å². The van der Waals surface area contributed by atoms with Crippen LogP contribution in [0.1, 0.15) is 6.92 Å². The first-order valence-electron chi connectivity index (χ1n) is 6.00. The zero-order valence-corrected chi connectivity index (χ0v) is 10.2. The van der Waals surface area contributed by atoms with Crippen LogP contribution in [0.15, 0.2) is 41.4 Å². The van der Waals surface area contributed by atoms with Crippen molar-refractivity contribution in [1.82, 2.24) is 0 Å². The van der Waals surface area contributed by atoms with Crippen LogP contribution >= 0.6 is 0 Å². The van der Waals surface area contributed by atoms with Gasteiger partial charge in [-0.05, 0) is 36.4 Å². The second kappa shape index (κ2) is 4.18. The summed E-state index contributed by atoms with van der Waals surface area (Å²) >= 11 is 0. The molecule has 3 heteroatoms. The Morgan fingerprint density at radius 3 is 2.89 bits per heavy atom. The average molecular weight is 238 g/mol. The van der Waals surface area contributed by atoms with E-state index in [-0.39, 0.29) is 0 Å². The molecule has 0 amide bonds. The van der Waals surface area contributed by atoms with Gasteiger partial charge >= 0.3 is 0 Å². The minimum absolute atomic E-state index is 0.767. The molecule has 1 heterocycles. The first kappa shape index (κ1) is 10.8. The number of fused-ring (bicyclic) bond motifs is 2. The number of benzene rings is 2. The summed E-state index contributed by atoms with van der Waals surface area (Å²) in [6.07, 6.45) is 0. The number of hydrogen-bond acceptors (Lipinski definition) is 3. The van der Waals surface area contributed by atoms with E-state index in [0.717, 1.165) is 40.0 Å². The third kappa shape index (κ3) is 1.84. The zero-order valence-electron chi connectivity index (χ0n) is 10.2. The van der Waals surface area contributed by atoms with Gasteiger partial charge in [-0.3, -0.25) is 0 Å². The molecule has 0 aromatic heterocycles. The van der Waals surface area contributed by atoms with Crippen molar-refractivity contribution in [3.63, 3.8) is 0 Å². The average Bonchev–Trinajstić information content (AvgIpc) is 2.36. The van der Waals surface area contributed by atoms with Gasteiger partial charge in [0, 0.05) is 18.3 Å². The number of nitrogens with one attached hydrogen (secondary N) is 1. The normalized spacial score (nSPS) is 11.8. The highest BCUT2D eigenvalue weighted by Gasteiger charge is 2.12. The first-order valence-corrected chi connectivity index (χ1v) is 6.00. The highest BCUT2D eigenvalue weighted by molar-refractivity contribution is 5.63. The lowest BCUT2D eigenvalue weighted by atomic mass is 10.2. The monoisotopic (exact) mass is 238 g/mol. The summed E-state index contributed by atoms with van der Waals surface area (Å²) in [5.74, 6) is 1.55. The molecular weight excluding hydrogens is 224 g/mol. The second-order valence-electron chi connectivity index (χ2n) is 4.23. The Kier molecular flexibility index (Phi) is 2.52. The van der Waals surface area contributed by atoms with E-state index in [9.17, 15) is 0 Å². The van der Waals surface area contributed by atoms with E-state index in [1.54, 1.807) is 0 Å². The molecule has 0 atom stereocenters. The fraction of sp³-hybridized carbons (Fsp3) is 0.133. The Bertz CT molecular complexity index is 707. The molecule has 3 rings (SSSR count). The topological polar surface area (TPSA) is 33.6 Å². The molecule has 18 heavy (non-hydrogen) atoms. The fourth-order valence-corrected chi connectivity index (χ4v) is 1.98. The Labute approximate surface area is 105 Å². The molecule has 0 saturated carbocycles. The Morgan fingerprint density at radius 1 is 1.17 bits per heavy atom. The lowest BCUT2D eigenvalue weighted by Gasteiger charge is -2.15. The molecule has 0 fully saturated rings. The molecule has 2 aromatic carbocycles. The van der Waals surface area contributed by atoms with E-state index >= 15 is 0 Å². The van der Waals surface area contributed by atoms with Crippen LogP contribution in [0.2, 0.25) is 0 Å². The van der Waals surface area contributed by atoms with Gasteiger partial charge in [-0.2, -0.15) is 0 Å². The third-order valence-electron chi connectivity index (χ3n) is 2.83. The van der Waals surface area contributed by atoms with E-state index in [2.05, 4.69) is 23.8 Å². The molecule has 3 nitrogen and oxygen atoms in total. The molecule has 0 radical (unpaired) electrons. The number of ether oxygens (including phenoxy) is 1. The van der Waals surface area contributed by atoms with Crippen LogP contribution in [0.5, 0.6) is 11.5 Å². The van der Waals surface area contributed by atoms with Crippen LogP contribution in [0.25, 0.3) is 6.58 Å². The van der Waals surface area contributed by atoms with Crippen LogP contribution in [0, 0.1) is 0 Å². The van der Waals surface area contributed by atoms with Crippen molar-refractivity contribution in [1.29, 1.82) is 0 Å². The van der Waals surface area contributed by atoms with Crippen LogP contribution in [0.3, 0.4) is 0 Å². The number of rotatable bonds is 2. The van der Waals surface area contributed by atoms with Gasteiger partial charge in [0.2, 0.25) is 0 Å². The SMILES string of the molecule is C=c1ccc2c(c1)Oc1cc(NCC)ccc1N=2. The van der Waals surface area contributed by atoms with Gasteiger partial charge in [0.1, 0.15) is 11.0 Å². The predicted molar refractivity (Wildman–Crippen MR) is 73.1 cm³/mol. The minimum Gasteiger partial charge on any atom is -0.453 e. The van der Waals surface area contributed by atoms with Gasteiger partial charge in [-0.25, -0.2) is 4.99 Å². The highest BCUT2D eigenvalue weighted by Crippen LogP contribution is 2.35. The van der Waals surface area contributed by atoms with Crippen LogP contribution in [-0.4, -0.2) is 6.54 Å². The van der Waals surface area contributed by atoms with Crippen molar-refractivity contribution in [2.45, 2.75) is 6.92 Å². The molecule has 1 aliphatic heterocycles. The molecule has 0 unspecified atom stereocenters. The number of hydrogen-bond donors (Lipinski definition) is 1. The van der Waals surface area contributed by atoms with Crippen molar-refractivity contribution in [2.75, 3.05) is 11.9 Å². The van der Waals surface area contributed by atoms with Crippen molar-refractivity contribution < 1.29 is 4.74 Å². The molecule has 2 aromatic rings. The lowest BCUT2D eigenvalue weighted by Crippen LogP contribution is -2.13. The molecule has 1 aliphatic rings. The summed E-state index contributed by atoms with van der Waals surface area (Å²) in [5, 5.41) is 5.04. The van der Waals surface area contributed by atoms with Crippen molar-refractivity contribution >= 4 is 18.0 Å². The quantitative estimate of drug-likeness (QED) is 0.744. The van der Waals surface area contributed by atoms with E-state index in [0.29, 0.717) is 0 Å². The molecular formula is C15H14N2O. The minimum atomic E-state index is 0.767. The van der Waals surface area contributed by atoms with Crippen molar-refractivity contribution in [3.8, 4) is 11.5 Å². The Balaban J connectivity index is 2.12. The zero-order chi connectivity index (χ0) is 12.5. The van der Waals surface area contributed by atoms with Crippen LogP contribution in [-0.2, 0) is 0 Å². The van der Waals surface area contributed by atoms with Crippen molar-refractivity contribution in [2.24, 2.45) is 4.99 Å². The molecule has 1 N–H and O–H groups in total. The molecule has 0 aliphatic carbocycles. The standard InChI is InChI=1S/C15H14N2O/c1-3-16-11-5-7-13-15(9-11)18-14-8-10(2)4-6-12(14)17-13/h4-9,16H,2-3H2,1H3. The summed E-state index contributed by atoms with van der Waals surface area (Å²) in [5.41, 5.74) is 1.90. The molecule has 0 saturated heterocycles. The van der Waals surface area contributed by atoms with Gasteiger partial charge < -0.3 is 10.1 Å². The largest absolute Gasteiger partial charge is 0.453 e. The van der Waals surface area contributed by atoms with Gasteiger partial charge in [-0.1, -0.05) is 12.6 Å². The van der Waals surface area contributed by atoms with E-state index in [1.165, 1.54) is 0 Å². The van der Waals surface area contributed by atoms with E-state index in [1.807, 2.05) is 36.4 Å². The number of anilines is 1. The summed E-state index contributed by atoms with van der Waals surface area (Å²) in [6.45, 7) is 6.85. The van der Waals surface area contributed by atoms with Gasteiger partial charge in [-0.15, -0.1) is 0 Å². The number of nitrogens with zero attached hydrogens (tertiary/aromatic N) is 1. The maximum Gasteiger partial charge on any atom is 0.155 e. The lowest BCUT2D eigenvalue weighted by molar-refractivity contribution is 0.470.